The fourth-order valence-corrected chi connectivity index (χ4v) is 3.45. The third-order valence-electron chi connectivity index (χ3n) is 5.25. The second-order valence-electron chi connectivity index (χ2n) is 8.00. The van der Waals surface area contributed by atoms with Gasteiger partial charge in [-0.15, -0.1) is 0 Å². The molecule has 4 heteroatoms. The average molecular weight is 405 g/mol. The molecule has 0 fully saturated rings. The van der Waals surface area contributed by atoms with E-state index in [2.05, 4.69) is 19.1 Å². The lowest BCUT2D eigenvalue weighted by Gasteiger charge is -2.06. The van der Waals surface area contributed by atoms with Crippen LogP contribution >= 0.6 is 0 Å². The molecule has 1 N–H and O–H groups in total. The number of carboxylic acids is 1. The van der Waals surface area contributed by atoms with Gasteiger partial charge in [0.2, 0.25) is 0 Å². The van der Waals surface area contributed by atoms with E-state index in [1.165, 1.54) is 50.5 Å². The van der Waals surface area contributed by atoms with E-state index in [4.69, 9.17) is 9.84 Å². The Labute approximate surface area is 177 Å². The molecular formula is C25H40O4. The molecule has 0 aliphatic carbocycles. The number of aryl methyl sites for hydroxylation is 1. The van der Waals surface area contributed by atoms with Crippen molar-refractivity contribution in [3.63, 3.8) is 0 Å². The van der Waals surface area contributed by atoms with Crippen LogP contribution in [-0.4, -0.2) is 17.0 Å². The van der Waals surface area contributed by atoms with Crippen LogP contribution in [0.15, 0.2) is 24.3 Å². The summed E-state index contributed by atoms with van der Waals surface area (Å²) in [5.74, 6) is -0.263. The monoisotopic (exact) mass is 404 g/mol. The highest BCUT2D eigenvalue weighted by Crippen LogP contribution is 2.16. The van der Waals surface area contributed by atoms with Gasteiger partial charge in [0.1, 0.15) is 5.75 Å². The third-order valence-corrected chi connectivity index (χ3v) is 5.25. The smallest absolute Gasteiger partial charge is 0.311 e. The quantitative estimate of drug-likeness (QED) is 0.161. The molecule has 1 aromatic carbocycles. The van der Waals surface area contributed by atoms with Crippen molar-refractivity contribution in [2.45, 2.75) is 110 Å². The Morgan fingerprint density at radius 2 is 1.24 bits per heavy atom. The molecule has 0 unspecified atom stereocenters. The van der Waals surface area contributed by atoms with Crippen molar-refractivity contribution in [2.24, 2.45) is 0 Å². The molecule has 164 valence electrons. The summed E-state index contributed by atoms with van der Waals surface area (Å²) in [5, 5.41) is 8.58. The van der Waals surface area contributed by atoms with E-state index >= 15 is 0 Å². The molecule has 0 aromatic heterocycles. The van der Waals surface area contributed by atoms with Gasteiger partial charge in [-0.05, 0) is 43.4 Å². The number of carboxylic acid groups (broad SMARTS) is 1. The lowest BCUT2D eigenvalue weighted by Crippen LogP contribution is -2.07. The van der Waals surface area contributed by atoms with Gasteiger partial charge in [0, 0.05) is 12.8 Å². The van der Waals surface area contributed by atoms with Crippen molar-refractivity contribution < 1.29 is 19.4 Å². The summed E-state index contributed by atoms with van der Waals surface area (Å²) >= 11 is 0. The minimum Gasteiger partial charge on any atom is -0.481 e. The minimum atomic E-state index is -0.724. The number of hydrogen-bond donors (Lipinski definition) is 1. The number of benzene rings is 1. The van der Waals surface area contributed by atoms with Crippen LogP contribution < -0.4 is 4.74 Å². The largest absolute Gasteiger partial charge is 0.481 e. The van der Waals surface area contributed by atoms with E-state index < -0.39 is 5.97 Å². The molecule has 4 nitrogen and oxygen atoms in total. The second-order valence-corrected chi connectivity index (χ2v) is 8.00. The van der Waals surface area contributed by atoms with E-state index in [0.29, 0.717) is 12.2 Å². The van der Waals surface area contributed by atoms with Crippen LogP contribution in [0.25, 0.3) is 0 Å². The maximum atomic E-state index is 11.9. The normalized spacial score (nSPS) is 10.8. The van der Waals surface area contributed by atoms with Crippen molar-refractivity contribution >= 4 is 11.9 Å². The highest BCUT2D eigenvalue weighted by molar-refractivity contribution is 5.72. The Hall–Kier alpha value is -1.84. The lowest BCUT2D eigenvalue weighted by molar-refractivity contribution is -0.137. The Morgan fingerprint density at radius 1 is 0.724 bits per heavy atom. The summed E-state index contributed by atoms with van der Waals surface area (Å²) in [6.45, 7) is 2.25. The molecule has 1 aromatic rings. The number of rotatable bonds is 18. The van der Waals surface area contributed by atoms with Gasteiger partial charge in [-0.1, -0.05) is 83.3 Å². The summed E-state index contributed by atoms with van der Waals surface area (Å²) in [5.41, 5.74) is 1.31. The first-order chi connectivity index (χ1) is 14.1. The van der Waals surface area contributed by atoms with Gasteiger partial charge in [-0.3, -0.25) is 9.59 Å². The first-order valence-electron chi connectivity index (χ1n) is 11.6. The van der Waals surface area contributed by atoms with Crippen LogP contribution in [0.1, 0.15) is 109 Å². The van der Waals surface area contributed by atoms with E-state index in [1.54, 1.807) is 0 Å². The van der Waals surface area contributed by atoms with Crippen LogP contribution in [0.2, 0.25) is 0 Å². The van der Waals surface area contributed by atoms with Gasteiger partial charge >= 0.3 is 11.9 Å². The molecular weight excluding hydrogens is 364 g/mol. The zero-order chi connectivity index (χ0) is 21.2. The van der Waals surface area contributed by atoms with E-state index in [-0.39, 0.29) is 12.4 Å². The van der Waals surface area contributed by atoms with Crippen LogP contribution in [-0.2, 0) is 16.0 Å². The Kier molecular flexibility index (Phi) is 14.8. The van der Waals surface area contributed by atoms with E-state index in [9.17, 15) is 9.59 Å². The molecule has 0 saturated heterocycles. The van der Waals surface area contributed by atoms with Gasteiger partial charge < -0.3 is 9.84 Å². The van der Waals surface area contributed by atoms with Crippen LogP contribution in [0.4, 0.5) is 0 Å². The molecule has 0 radical (unpaired) electrons. The molecule has 0 bridgehead atoms. The fourth-order valence-electron chi connectivity index (χ4n) is 3.45. The number of aliphatic carboxylic acids is 1. The molecule has 0 heterocycles. The molecule has 0 aliphatic heterocycles. The zero-order valence-corrected chi connectivity index (χ0v) is 18.3. The summed E-state index contributed by atoms with van der Waals surface area (Å²) < 4.78 is 5.42. The lowest BCUT2D eigenvalue weighted by atomic mass is 10.0. The standard InChI is InChI=1S/C25H40O4/c1-2-3-4-5-6-9-12-15-22-18-20-23(21-19-22)29-25(28)17-14-11-8-7-10-13-16-24(26)27/h18-21H,2-17H2,1H3,(H,26,27). The molecule has 0 amide bonds. The van der Waals surface area contributed by atoms with Crippen molar-refractivity contribution in [2.75, 3.05) is 0 Å². The SMILES string of the molecule is CCCCCCCCCc1ccc(OC(=O)CCCCCCCCC(=O)O)cc1. The maximum Gasteiger partial charge on any atom is 0.311 e. The van der Waals surface area contributed by atoms with Gasteiger partial charge in [-0.2, -0.15) is 0 Å². The number of carbonyl (C=O) groups excluding carboxylic acids is 1. The summed E-state index contributed by atoms with van der Waals surface area (Å²) in [6, 6.07) is 7.93. The van der Waals surface area contributed by atoms with Gasteiger partial charge in [0.15, 0.2) is 0 Å². The number of esters is 1. The Morgan fingerprint density at radius 3 is 1.83 bits per heavy atom. The third kappa shape index (κ3) is 14.8. The molecule has 0 atom stereocenters. The topological polar surface area (TPSA) is 63.6 Å². The zero-order valence-electron chi connectivity index (χ0n) is 18.3. The van der Waals surface area contributed by atoms with Crippen molar-refractivity contribution in [1.82, 2.24) is 0 Å². The van der Waals surface area contributed by atoms with E-state index in [1.807, 2.05) is 12.1 Å². The summed E-state index contributed by atoms with van der Waals surface area (Å²) in [4.78, 5) is 22.4. The molecule has 0 spiro atoms. The average Bonchev–Trinajstić information content (AvgIpc) is 2.70. The fraction of sp³-hybridized carbons (Fsp3) is 0.680. The minimum absolute atomic E-state index is 0.171. The first-order valence-corrected chi connectivity index (χ1v) is 11.6. The van der Waals surface area contributed by atoms with Gasteiger partial charge in [0.05, 0.1) is 0 Å². The predicted octanol–water partition coefficient (Wildman–Crippen LogP) is 7.09. The van der Waals surface area contributed by atoms with Crippen molar-refractivity contribution in [3.05, 3.63) is 29.8 Å². The van der Waals surface area contributed by atoms with Crippen LogP contribution in [0.3, 0.4) is 0 Å². The molecule has 0 saturated carbocycles. The number of hydrogen-bond acceptors (Lipinski definition) is 3. The molecule has 29 heavy (non-hydrogen) atoms. The van der Waals surface area contributed by atoms with E-state index in [0.717, 1.165) is 44.9 Å². The second kappa shape index (κ2) is 17.1. The number of carbonyl (C=O) groups is 2. The van der Waals surface area contributed by atoms with Crippen molar-refractivity contribution in [1.29, 1.82) is 0 Å². The van der Waals surface area contributed by atoms with Crippen molar-refractivity contribution in [3.8, 4) is 5.75 Å². The van der Waals surface area contributed by atoms with Crippen LogP contribution in [0, 0.1) is 0 Å². The van der Waals surface area contributed by atoms with Gasteiger partial charge in [-0.25, -0.2) is 0 Å². The number of ether oxygens (including phenoxy) is 1. The predicted molar refractivity (Wildman–Crippen MR) is 118 cm³/mol. The highest BCUT2D eigenvalue weighted by Gasteiger charge is 2.05. The Balaban J connectivity index is 2.05. The Bertz CT molecular complexity index is 550. The highest BCUT2D eigenvalue weighted by atomic mass is 16.5. The van der Waals surface area contributed by atoms with Gasteiger partial charge in [0.25, 0.3) is 0 Å². The maximum absolute atomic E-state index is 11.9. The van der Waals surface area contributed by atoms with Crippen LogP contribution in [0.5, 0.6) is 5.75 Å². The number of unbranched alkanes of at least 4 members (excludes halogenated alkanes) is 11. The summed E-state index contributed by atoms with van der Waals surface area (Å²) in [7, 11) is 0. The summed E-state index contributed by atoms with van der Waals surface area (Å²) in [6.07, 6.45) is 16.6. The first kappa shape index (κ1) is 25.2. The molecule has 1 rings (SSSR count). The molecule has 0 aliphatic rings.